The van der Waals surface area contributed by atoms with Crippen molar-refractivity contribution in [1.82, 2.24) is 0 Å². The van der Waals surface area contributed by atoms with Crippen molar-refractivity contribution in [3.63, 3.8) is 0 Å². The van der Waals surface area contributed by atoms with Crippen molar-refractivity contribution in [3.05, 3.63) is 40.8 Å². The van der Waals surface area contributed by atoms with Crippen LogP contribution in [0, 0.1) is 0 Å². The summed E-state index contributed by atoms with van der Waals surface area (Å²) in [6.07, 6.45) is 1.27. The van der Waals surface area contributed by atoms with Gasteiger partial charge >= 0.3 is 5.63 Å². The van der Waals surface area contributed by atoms with Crippen LogP contribution >= 0.6 is 0 Å². The maximum Gasteiger partial charge on any atom is 0.336 e. The fourth-order valence-electron chi connectivity index (χ4n) is 1.67. The molecule has 4 heteroatoms. The van der Waals surface area contributed by atoms with Crippen molar-refractivity contribution in [2.75, 3.05) is 13.2 Å². The number of epoxide rings is 1. The monoisotopic (exact) mass is 232 g/mol. The van der Waals surface area contributed by atoms with Crippen molar-refractivity contribution >= 4 is 11.0 Å². The minimum atomic E-state index is -0.346. The summed E-state index contributed by atoms with van der Waals surface area (Å²) >= 11 is 0. The molecule has 4 nitrogen and oxygen atoms in total. The third-order valence-corrected chi connectivity index (χ3v) is 2.71. The van der Waals surface area contributed by atoms with Gasteiger partial charge in [-0.3, -0.25) is 0 Å². The first kappa shape index (κ1) is 10.4. The molecule has 88 valence electrons. The van der Waals surface area contributed by atoms with Crippen molar-refractivity contribution in [2.45, 2.75) is 12.5 Å². The number of ether oxygens (including phenoxy) is 2. The molecule has 0 aliphatic carbocycles. The smallest absolute Gasteiger partial charge is 0.336 e. The van der Waals surface area contributed by atoms with E-state index >= 15 is 0 Å². The molecule has 0 saturated carbocycles. The Morgan fingerprint density at radius 3 is 2.94 bits per heavy atom. The second-order valence-corrected chi connectivity index (χ2v) is 4.05. The Morgan fingerprint density at radius 1 is 1.29 bits per heavy atom. The molecule has 0 radical (unpaired) electrons. The first-order valence-corrected chi connectivity index (χ1v) is 5.59. The lowest BCUT2D eigenvalue weighted by Crippen LogP contribution is -2.01. The molecule has 1 saturated heterocycles. The second-order valence-electron chi connectivity index (χ2n) is 4.05. The van der Waals surface area contributed by atoms with Crippen LogP contribution in [0.5, 0.6) is 5.75 Å². The maximum absolute atomic E-state index is 11.1. The van der Waals surface area contributed by atoms with Crippen LogP contribution in [0.2, 0.25) is 0 Å². The van der Waals surface area contributed by atoms with Gasteiger partial charge in [0.25, 0.3) is 0 Å². The number of rotatable bonds is 4. The molecule has 1 aromatic carbocycles. The lowest BCUT2D eigenvalue weighted by Gasteiger charge is -2.05. The average molecular weight is 232 g/mol. The molecule has 0 N–H and O–H groups in total. The molecule has 0 unspecified atom stereocenters. The summed E-state index contributed by atoms with van der Waals surface area (Å²) in [5, 5.41) is 0.891. The molecular weight excluding hydrogens is 220 g/mol. The second kappa shape index (κ2) is 4.22. The number of fused-ring (bicyclic) bond motifs is 1. The summed E-state index contributed by atoms with van der Waals surface area (Å²) in [5.74, 6) is 0.715. The molecule has 2 aromatic rings. The van der Waals surface area contributed by atoms with Crippen molar-refractivity contribution in [1.29, 1.82) is 0 Å². The summed E-state index contributed by atoms with van der Waals surface area (Å²) in [6.45, 7) is 1.46. The lowest BCUT2D eigenvalue weighted by molar-refractivity contribution is 0.283. The standard InChI is InChI=1S/C13H12O4/c14-13-4-2-9-1-3-10(7-12(9)17-13)15-6-5-11-8-16-11/h1-4,7,11H,5-6,8H2/t11-/m1/s1. The first-order chi connectivity index (χ1) is 8.31. The van der Waals surface area contributed by atoms with Crippen LogP contribution in [-0.4, -0.2) is 19.3 Å². The topological polar surface area (TPSA) is 52.0 Å². The summed E-state index contributed by atoms with van der Waals surface area (Å²) in [5.41, 5.74) is 0.207. The van der Waals surface area contributed by atoms with Crippen LogP contribution in [0.3, 0.4) is 0 Å². The molecule has 1 aliphatic heterocycles. The molecule has 1 aliphatic rings. The Kier molecular flexibility index (Phi) is 2.57. The molecule has 1 atom stereocenters. The zero-order valence-electron chi connectivity index (χ0n) is 9.22. The fraction of sp³-hybridized carbons (Fsp3) is 0.308. The van der Waals surface area contributed by atoms with Gasteiger partial charge in [-0.05, 0) is 18.2 Å². The summed E-state index contributed by atoms with van der Waals surface area (Å²) in [7, 11) is 0. The van der Waals surface area contributed by atoms with Gasteiger partial charge in [-0.1, -0.05) is 0 Å². The average Bonchev–Trinajstić information content (AvgIpc) is 3.12. The Hall–Kier alpha value is -1.81. The van der Waals surface area contributed by atoms with Crippen LogP contribution in [0.25, 0.3) is 11.0 Å². The molecule has 1 fully saturated rings. The SMILES string of the molecule is O=c1ccc2ccc(OCC[C@@H]3CO3)cc2o1. The summed E-state index contributed by atoms with van der Waals surface area (Å²) < 4.78 is 15.7. The van der Waals surface area contributed by atoms with Gasteiger partial charge in [-0.2, -0.15) is 0 Å². The van der Waals surface area contributed by atoms with E-state index in [1.54, 1.807) is 12.1 Å². The van der Waals surface area contributed by atoms with Gasteiger partial charge in [-0.15, -0.1) is 0 Å². The molecule has 0 amide bonds. The lowest BCUT2D eigenvalue weighted by atomic mass is 10.2. The molecular formula is C13H12O4. The van der Waals surface area contributed by atoms with Gasteiger partial charge in [0, 0.05) is 23.9 Å². The molecule has 0 spiro atoms. The Morgan fingerprint density at radius 2 is 2.12 bits per heavy atom. The summed E-state index contributed by atoms with van der Waals surface area (Å²) in [6, 6.07) is 8.64. The van der Waals surface area contributed by atoms with Gasteiger partial charge < -0.3 is 13.9 Å². The van der Waals surface area contributed by atoms with Crippen molar-refractivity contribution in [3.8, 4) is 5.75 Å². The Bertz CT molecular complexity index is 583. The zero-order valence-corrected chi connectivity index (χ0v) is 9.22. The van der Waals surface area contributed by atoms with Gasteiger partial charge in [0.2, 0.25) is 0 Å². The quantitative estimate of drug-likeness (QED) is 0.597. The van der Waals surface area contributed by atoms with Crippen molar-refractivity contribution < 1.29 is 13.9 Å². The van der Waals surface area contributed by atoms with E-state index in [2.05, 4.69) is 0 Å². The largest absolute Gasteiger partial charge is 0.493 e. The maximum atomic E-state index is 11.1. The predicted molar refractivity (Wildman–Crippen MR) is 62.3 cm³/mol. The van der Waals surface area contributed by atoms with E-state index in [-0.39, 0.29) is 5.63 Å². The number of hydrogen-bond acceptors (Lipinski definition) is 4. The van der Waals surface area contributed by atoms with Crippen LogP contribution in [0.1, 0.15) is 6.42 Å². The van der Waals surface area contributed by atoms with E-state index in [4.69, 9.17) is 13.9 Å². The molecule has 2 heterocycles. The first-order valence-electron chi connectivity index (χ1n) is 5.59. The van der Waals surface area contributed by atoms with E-state index in [0.29, 0.717) is 24.0 Å². The molecule has 0 bridgehead atoms. The summed E-state index contributed by atoms with van der Waals surface area (Å²) in [4.78, 5) is 11.1. The normalized spacial score (nSPS) is 18.2. The van der Waals surface area contributed by atoms with Gasteiger partial charge in [0.15, 0.2) is 0 Å². The molecule has 17 heavy (non-hydrogen) atoms. The highest BCUT2D eigenvalue weighted by Gasteiger charge is 2.21. The van der Waals surface area contributed by atoms with Crippen LogP contribution < -0.4 is 10.4 Å². The van der Waals surface area contributed by atoms with Crippen LogP contribution in [0.4, 0.5) is 0 Å². The third-order valence-electron chi connectivity index (χ3n) is 2.71. The third kappa shape index (κ3) is 2.47. The highest BCUT2D eigenvalue weighted by atomic mass is 16.6. The number of hydrogen-bond donors (Lipinski definition) is 0. The van der Waals surface area contributed by atoms with E-state index in [0.717, 1.165) is 18.4 Å². The highest BCUT2D eigenvalue weighted by molar-refractivity contribution is 5.77. The van der Waals surface area contributed by atoms with E-state index in [9.17, 15) is 4.79 Å². The van der Waals surface area contributed by atoms with E-state index in [1.165, 1.54) is 6.07 Å². The molecule has 3 rings (SSSR count). The highest BCUT2D eigenvalue weighted by Crippen LogP contribution is 2.20. The number of benzene rings is 1. The minimum Gasteiger partial charge on any atom is -0.493 e. The van der Waals surface area contributed by atoms with E-state index in [1.807, 2.05) is 12.1 Å². The fourth-order valence-corrected chi connectivity index (χ4v) is 1.67. The van der Waals surface area contributed by atoms with Gasteiger partial charge in [-0.25, -0.2) is 4.79 Å². The van der Waals surface area contributed by atoms with Gasteiger partial charge in [0.1, 0.15) is 11.3 Å². The van der Waals surface area contributed by atoms with Crippen LogP contribution in [-0.2, 0) is 4.74 Å². The molecule has 1 aromatic heterocycles. The van der Waals surface area contributed by atoms with Gasteiger partial charge in [0.05, 0.1) is 19.3 Å². The minimum absolute atomic E-state index is 0.346. The zero-order chi connectivity index (χ0) is 11.7. The van der Waals surface area contributed by atoms with Crippen molar-refractivity contribution in [2.24, 2.45) is 0 Å². The predicted octanol–water partition coefficient (Wildman–Crippen LogP) is 1.96. The Labute approximate surface area is 97.8 Å². The van der Waals surface area contributed by atoms with E-state index < -0.39 is 0 Å². The van der Waals surface area contributed by atoms with Crippen LogP contribution in [0.15, 0.2) is 39.5 Å². The Balaban J connectivity index is 1.77.